The van der Waals surface area contributed by atoms with Crippen LogP contribution >= 0.6 is 11.8 Å². The van der Waals surface area contributed by atoms with E-state index in [4.69, 9.17) is 0 Å². The molecule has 184 valence electrons. The zero-order valence-corrected chi connectivity index (χ0v) is 21.3. The fraction of sp³-hybridized carbons (Fsp3) is 0.667. The van der Waals surface area contributed by atoms with E-state index in [2.05, 4.69) is 10.0 Å². The second-order valence-electron chi connectivity index (χ2n) is 9.21. The number of thioether (sulfide) groups is 1. The second kappa shape index (κ2) is 12.2. The number of likely N-dealkylation sites (tertiary alicyclic amines) is 1. The maximum Gasteiger partial charge on any atom is 0.241 e. The standard InChI is InChI=1S/C24H37N3O4S2/c1-18-8-10-21(11-9-18)33(30,31)26-22(14-17-32-2)23(28)25-20-12-15-27(16-13-20)24(29)19-6-4-3-5-7-19/h8-11,19-20,22,26H,3-7,12-17H2,1-2H3,(H,25,28). The zero-order valence-electron chi connectivity index (χ0n) is 19.7. The van der Waals surface area contributed by atoms with E-state index in [0.717, 1.165) is 31.2 Å². The molecule has 33 heavy (non-hydrogen) atoms. The number of sulfonamides is 1. The Morgan fingerprint density at radius 2 is 1.70 bits per heavy atom. The first-order chi connectivity index (χ1) is 15.8. The fourth-order valence-corrected chi connectivity index (χ4v) is 6.31. The summed E-state index contributed by atoms with van der Waals surface area (Å²) in [6.07, 6.45) is 9.23. The van der Waals surface area contributed by atoms with E-state index in [1.54, 1.807) is 36.0 Å². The Hall–Kier alpha value is -1.58. The topological polar surface area (TPSA) is 95.6 Å². The molecule has 2 amide bonds. The van der Waals surface area contributed by atoms with Crippen molar-refractivity contribution in [1.29, 1.82) is 0 Å². The molecule has 1 saturated heterocycles. The number of carbonyl (C=O) groups is 2. The second-order valence-corrected chi connectivity index (χ2v) is 11.9. The highest BCUT2D eigenvalue weighted by atomic mass is 32.2. The van der Waals surface area contributed by atoms with Crippen LogP contribution in [0.1, 0.15) is 56.9 Å². The Kier molecular flexibility index (Phi) is 9.64. The molecule has 7 nitrogen and oxygen atoms in total. The van der Waals surface area contributed by atoms with Crippen molar-refractivity contribution in [2.24, 2.45) is 5.92 Å². The van der Waals surface area contributed by atoms with Crippen LogP contribution in [-0.2, 0) is 19.6 Å². The summed E-state index contributed by atoms with van der Waals surface area (Å²) in [4.78, 5) is 27.9. The fourth-order valence-electron chi connectivity index (χ4n) is 4.61. The Balaban J connectivity index is 1.55. The third kappa shape index (κ3) is 7.45. The Labute approximate surface area is 202 Å². The van der Waals surface area contributed by atoms with Gasteiger partial charge in [-0.25, -0.2) is 8.42 Å². The van der Waals surface area contributed by atoms with Crippen molar-refractivity contribution in [3.63, 3.8) is 0 Å². The number of nitrogens with zero attached hydrogens (tertiary/aromatic N) is 1. The third-order valence-electron chi connectivity index (χ3n) is 6.66. The van der Waals surface area contributed by atoms with Crippen LogP contribution in [0, 0.1) is 12.8 Å². The number of aryl methyl sites for hydroxylation is 1. The largest absolute Gasteiger partial charge is 0.352 e. The van der Waals surface area contributed by atoms with E-state index in [-0.39, 0.29) is 28.7 Å². The Morgan fingerprint density at radius 1 is 1.06 bits per heavy atom. The lowest BCUT2D eigenvalue weighted by atomic mass is 9.87. The molecule has 1 heterocycles. The van der Waals surface area contributed by atoms with Gasteiger partial charge in [-0.15, -0.1) is 0 Å². The highest BCUT2D eigenvalue weighted by molar-refractivity contribution is 7.98. The molecular formula is C24H37N3O4S2. The molecule has 1 aromatic carbocycles. The van der Waals surface area contributed by atoms with Crippen molar-refractivity contribution >= 4 is 33.6 Å². The lowest BCUT2D eigenvalue weighted by molar-refractivity contribution is -0.137. The molecule has 3 rings (SSSR count). The summed E-state index contributed by atoms with van der Waals surface area (Å²) < 4.78 is 28.3. The highest BCUT2D eigenvalue weighted by Gasteiger charge is 2.31. The van der Waals surface area contributed by atoms with Crippen LogP contribution in [0.25, 0.3) is 0 Å². The molecule has 1 unspecified atom stereocenters. The van der Waals surface area contributed by atoms with E-state index < -0.39 is 16.1 Å². The van der Waals surface area contributed by atoms with Gasteiger partial charge in [0.2, 0.25) is 21.8 Å². The minimum absolute atomic E-state index is 0.0476. The molecule has 2 N–H and O–H groups in total. The summed E-state index contributed by atoms with van der Waals surface area (Å²) in [5.41, 5.74) is 0.971. The van der Waals surface area contributed by atoms with Crippen LogP contribution in [0.4, 0.5) is 0 Å². The van der Waals surface area contributed by atoms with Crippen LogP contribution < -0.4 is 10.0 Å². The van der Waals surface area contributed by atoms with Gasteiger partial charge in [0, 0.05) is 25.0 Å². The number of hydrogen-bond acceptors (Lipinski definition) is 5. The minimum atomic E-state index is -3.80. The first kappa shape index (κ1) is 26.0. The monoisotopic (exact) mass is 495 g/mol. The summed E-state index contributed by atoms with van der Waals surface area (Å²) in [5, 5.41) is 3.04. The van der Waals surface area contributed by atoms with Crippen LogP contribution in [0.2, 0.25) is 0 Å². The maximum atomic E-state index is 13.0. The summed E-state index contributed by atoms with van der Waals surface area (Å²) in [6, 6.07) is 5.72. The van der Waals surface area contributed by atoms with E-state index in [1.165, 1.54) is 6.42 Å². The smallest absolute Gasteiger partial charge is 0.241 e. The van der Waals surface area contributed by atoms with Crippen molar-refractivity contribution in [3.05, 3.63) is 29.8 Å². The molecule has 1 aromatic rings. The number of rotatable bonds is 9. The quantitative estimate of drug-likeness (QED) is 0.549. The molecule has 1 aliphatic heterocycles. The van der Waals surface area contributed by atoms with Crippen molar-refractivity contribution in [1.82, 2.24) is 14.9 Å². The molecule has 2 aliphatic rings. The van der Waals surface area contributed by atoms with Gasteiger partial charge in [0.05, 0.1) is 4.90 Å². The van der Waals surface area contributed by atoms with Crippen LogP contribution in [0.15, 0.2) is 29.2 Å². The number of piperidine rings is 1. The summed E-state index contributed by atoms with van der Waals surface area (Å²) in [7, 11) is -3.80. The summed E-state index contributed by atoms with van der Waals surface area (Å²) in [6.45, 7) is 3.18. The number of nitrogens with one attached hydrogen (secondary N) is 2. The SMILES string of the molecule is CSCCC(NS(=O)(=O)c1ccc(C)cc1)C(=O)NC1CCN(C(=O)C2CCCCC2)CC1. The molecule has 0 aromatic heterocycles. The molecule has 1 saturated carbocycles. The molecule has 0 radical (unpaired) electrons. The van der Waals surface area contributed by atoms with Crippen molar-refractivity contribution < 1.29 is 18.0 Å². The Bertz CT molecular complexity index is 891. The van der Waals surface area contributed by atoms with Gasteiger partial charge in [-0.2, -0.15) is 16.5 Å². The van der Waals surface area contributed by atoms with Gasteiger partial charge in [0.25, 0.3) is 0 Å². The van der Waals surface area contributed by atoms with E-state index in [0.29, 0.717) is 38.1 Å². The Morgan fingerprint density at radius 3 is 2.30 bits per heavy atom. The lowest BCUT2D eigenvalue weighted by Crippen LogP contribution is -2.53. The van der Waals surface area contributed by atoms with Gasteiger partial charge < -0.3 is 10.2 Å². The molecule has 0 spiro atoms. The molecule has 0 bridgehead atoms. The maximum absolute atomic E-state index is 13.0. The van der Waals surface area contributed by atoms with Crippen LogP contribution in [-0.4, -0.2) is 62.3 Å². The normalized spacial score (nSPS) is 19.3. The van der Waals surface area contributed by atoms with Gasteiger partial charge in [-0.3, -0.25) is 9.59 Å². The van der Waals surface area contributed by atoms with Crippen LogP contribution in [0.5, 0.6) is 0 Å². The number of benzene rings is 1. The number of carbonyl (C=O) groups excluding carboxylic acids is 2. The van der Waals surface area contributed by atoms with Gasteiger partial charge in [-0.05, 0) is 63.2 Å². The summed E-state index contributed by atoms with van der Waals surface area (Å²) >= 11 is 1.58. The van der Waals surface area contributed by atoms with E-state index >= 15 is 0 Å². The van der Waals surface area contributed by atoms with Crippen LogP contribution in [0.3, 0.4) is 0 Å². The average molecular weight is 496 g/mol. The van der Waals surface area contributed by atoms with Gasteiger partial charge in [0.1, 0.15) is 6.04 Å². The van der Waals surface area contributed by atoms with Gasteiger partial charge in [-0.1, -0.05) is 37.0 Å². The first-order valence-corrected chi connectivity index (χ1v) is 14.8. The van der Waals surface area contributed by atoms with Crippen molar-refractivity contribution in [2.45, 2.75) is 75.3 Å². The molecule has 1 aliphatic carbocycles. The molecule has 2 fully saturated rings. The zero-order chi connectivity index (χ0) is 23.8. The van der Waals surface area contributed by atoms with E-state index in [9.17, 15) is 18.0 Å². The van der Waals surface area contributed by atoms with Crippen molar-refractivity contribution in [3.8, 4) is 0 Å². The van der Waals surface area contributed by atoms with E-state index in [1.807, 2.05) is 18.1 Å². The van der Waals surface area contributed by atoms with Gasteiger partial charge in [0.15, 0.2) is 0 Å². The third-order valence-corrected chi connectivity index (χ3v) is 8.79. The number of amides is 2. The molecule has 9 heteroatoms. The summed E-state index contributed by atoms with van der Waals surface area (Å²) in [5.74, 6) is 0.806. The highest BCUT2D eigenvalue weighted by Crippen LogP contribution is 2.26. The number of hydrogen-bond donors (Lipinski definition) is 2. The predicted molar refractivity (Wildman–Crippen MR) is 133 cm³/mol. The average Bonchev–Trinajstić information content (AvgIpc) is 2.82. The first-order valence-electron chi connectivity index (χ1n) is 12.0. The predicted octanol–water partition coefficient (Wildman–Crippen LogP) is 3.08. The molecular weight excluding hydrogens is 458 g/mol. The molecule has 1 atom stereocenters. The van der Waals surface area contributed by atoms with Crippen molar-refractivity contribution in [2.75, 3.05) is 25.1 Å². The van der Waals surface area contributed by atoms with Gasteiger partial charge >= 0.3 is 0 Å². The lowest BCUT2D eigenvalue weighted by Gasteiger charge is -2.36. The minimum Gasteiger partial charge on any atom is -0.352 e.